The summed E-state index contributed by atoms with van der Waals surface area (Å²) in [4.78, 5) is 4.72. The average Bonchev–Trinajstić information content (AvgIpc) is 3.30. The second kappa shape index (κ2) is 8.53. The van der Waals surface area contributed by atoms with E-state index >= 15 is 0 Å². The zero-order valence-corrected chi connectivity index (χ0v) is 18.7. The van der Waals surface area contributed by atoms with Gasteiger partial charge in [0, 0.05) is 5.69 Å². The van der Waals surface area contributed by atoms with Crippen LogP contribution in [-0.4, -0.2) is 26.2 Å². The number of aryl methyl sites for hydroxylation is 3. The van der Waals surface area contributed by atoms with Gasteiger partial charge in [-0.15, -0.1) is 10.2 Å². The van der Waals surface area contributed by atoms with Gasteiger partial charge in [-0.2, -0.15) is 10.1 Å². The highest BCUT2D eigenvalue weighted by atomic mass is 32.2. The van der Waals surface area contributed by atoms with Crippen LogP contribution in [0.2, 0.25) is 0 Å². The van der Waals surface area contributed by atoms with Crippen molar-refractivity contribution in [3.8, 4) is 0 Å². The van der Waals surface area contributed by atoms with Crippen molar-refractivity contribution in [2.75, 3.05) is 5.32 Å². The van der Waals surface area contributed by atoms with Gasteiger partial charge in [0.05, 0.1) is 5.04 Å². The van der Waals surface area contributed by atoms with Gasteiger partial charge < -0.3 is 5.32 Å². The Bertz CT molecular complexity index is 1120. The normalized spacial score (nSPS) is 16.7. The lowest BCUT2D eigenvalue weighted by Gasteiger charge is -2.25. The number of aliphatic imine (C=N–C) groups is 1. The number of guanidine groups is 1. The standard InChI is InChI=1S/C21H21FN6S2/c1-12-5-10-18(11-13(12)2)23-20(24-21-26-25-14(3)30-21)28-19(29-15(4)27-28)16-6-8-17(22)9-7-16/h5-11,19H,1-4H3,(H,23,24,26). The molecule has 9 heteroatoms. The van der Waals surface area contributed by atoms with E-state index in [1.54, 1.807) is 23.9 Å². The fourth-order valence-corrected chi connectivity index (χ4v) is 4.50. The van der Waals surface area contributed by atoms with Crippen molar-refractivity contribution in [2.45, 2.75) is 33.1 Å². The summed E-state index contributed by atoms with van der Waals surface area (Å²) in [6.07, 6.45) is 0. The highest BCUT2D eigenvalue weighted by Gasteiger charge is 2.31. The predicted molar refractivity (Wildman–Crippen MR) is 123 cm³/mol. The van der Waals surface area contributed by atoms with E-state index in [0.717, 1.165) is 21.3 Å². The Balaban J connectivity index is 1.74. The Hall–Kier alpha value is -2.78. The molecule has 0 fully saturated rings. The van der Waals surface area contributed by atoms with Gasteiger partial charge in [0.15, 0.2) is 0 Å². The number of hydrogen-bond acceptors (Lipinski definition) is 6. The molecule has 0 radical (unpaired) electrons. The van der Waals surface area contributed by atoms with Crippen molar-refractivity contribution in [1.29, 1.82) is 0 Å². The molecule has 0 spiro atoms. The Labute approximate surface area is 183 Å². The first-order valence-corrected chi connectivity index (χ1v) is 11.1. The van der Waals surface area contributed by atoms with Crippen LogP contribution in [0.3, 0.4) is 0 Å². The molecular formula is C21H21FN6S2. The molecular weight excluding hydrogens is 419 g/mol. The van der Waals surface area contributed by atoms with Crippen molar-refractivity contribution in [1.82, 2.24) is 15.2 Å². The molecule has 1 aromatic heterocycles. The number of nitrogens with one attached hydrogen (secondary N) is 1. The number of aromatic nitrogens is 2. The molecule has 2 heterocycles. The Morgan fingerprint density at radius 1 is 1.03 bits per heavy atom. The highest BCUT2D eigenvalue weighted by molar-refractivity contribution is 8.14. The smallest absolute Gasteiger partial charge is 0.234 e. The number of anilines is 1. The number of hydrazone groups is 1. The van der Waals surface area contributed by atoms with Crippen molar-refractivity contribution in [3.05, 3.63) is 70.0 Å². The zero-order chi connectivity index (χ0) is 21.3. The number of halogens is 1. The minimum Gasteiger partial charge on any atom is -0.324 e. The van der Waals surface area contributed by atoms with Gasteiger partial charge in [0.25, 0.3) is 0 Å². The molecule has 1 aliphatic heterocycles. The van der Waals surface area contributed by atoms with E-state index in [9.17, 15) is 4.39 Å². The number of benzene rings is 2. The first-order chi connectivity index (χ1) is 14.4. The summed E-state index contributed by atoms with van der Waals surface area (Å²) in [7, 11) is 0. The molecule has 4 rings (SSSR count). The summed E-state index contributed by atoms with van der Waals surface area (Å²) >= 11 is 3.00. The van der Waals surface area contributed by atoms with Gasteiger partial charge in [-0.3, -0.25) is 0 Å². The highest BCUT2D eigenvalue weighted by Crippen LogP contribution is 2.40. The van der Waals surface area contributed by atoms with Crippen LogP contribution in [0.15, 0.2) is 52.6 Å². The van der Waals surface area contributed by atoms with Crippen LogP contribution in [0.4, 0.5) is 15.2 Å². The van der Waals surface area contributed by atoms with E-state index in [1.165, 1.54) is 34.6 Å². The van der Waals surface area contributed by atoms with Crippen LogP contribution in [0, 0.1) is 26.6 Å². The average molecular weight is 441 g/mol. The number of hydrogen-bond donors (Lipinski definition) is 1. The lowest BCUT2D eigenvalue weighted by Crippen LogP contribution is -2.32. The molecule has 0 amide bonds. The minimum atomic E-state index is -0.266. The van der Waals surface area contributed by atoms with E-state index in [2.05, 4.69) is 41.5 Å². The third-order valence-electron chi connectivity index (χ3n) is 4.60. The van der Waals surface area contributed by atoms with Crippen molar-refractivity contribution >= 4 is 44.9 Å². The summed E-state index contributed by atoms with van der Waals surface area (Å²) in [5.41, 5.74) is 4.23. The first kappa shape index (κ1) is 20.5. The molecule has 1 atom stereocenters. The molecule has 1 aliphatic rings. The monoisotopic (exact) mass is 440 g/mol. The predicted octanol–water partition coefficient (Wildman–Crippen LogP) is 5.78. The van der Waals surface area contributed by atoms with E-state index in [1.807, 2.05) is 24.9 Å². The minimum absolute atomic E-state index is 0.169. The van der Waals surface area contributed by atoms with Crippen LogP contribution < -0.4 is 5.32 Å². The molecule has 1 N–H and O–H groups in total. The lowest BCUT2D eigenvalue weighted by atomic mass is 10.1. The maximum Gasteiger partial charge on any atom is 0.234 e. The molecule has 2 aromatic carbocycles. The molecule has 0 saturated heterocycles. The third-order valence-corrected chi connectivity index (χ3v) is 6.46. The van der Waals surface area contributed by atoms with Crippen molar-refractivity contribution in [3.63, 3.8) is 0 Å². The third kappa shape index (κ3) is 4.52. The molecule has 0 saturated carbocycles. The molecule has 6 nitrogen and oxygen atoms in total. The molecule has 1 unspecified atom stereocenters. The van der Waals surface area contributed by atoms with Crippen LogP contribution in [0.5, 0.6) is 0 Å². The van der Waals surface area contributed by atoms with Gasteiger partial charge in [-0.05, 0) is 68.7 Å². The SMILES string of the molecule is CC1=NN(C(=Nc2nnc(C)s2)Nc2ccc(C)c(C)c2)C(c2ccc(F)cc2)S1. The molecule has 30 heavy (non-hydrogen) atoms. The summed E-state index contributed by atoms with van der Waals surface area (Å²) in [5, 5.41) is 20.2. The second-order valence-corrected chi connectivity index (χ2v) is 9.38. The van der Waals surface area contributed by atoms with Gasteiger partial charge in [-0.25, -0.2) is 9.40 Å². The van der Waals surface area contributed by atoms with Crippen LogP contribution >= 0.6 is 23.1 Å². The Morgan fingerprint density at radius 3 is 2.47 bits per heavy atom. The summed E-state index contributed by atoms with van der Waals surface area (Å²) in [6, 6.07) is 12.6. The van der Waals surface area contributed by atoms with Crippen LogP contribution in [0.25, 0.3) is 0 Å². The van der Waals surface area contributed by atoms with Crippen molar-refractivity contribution < 1.29 is 4.39 Å². The topological polar surface area (TPSA) is 65.8 Å². The van der Waals surface area contributed by atoms with Gasteiger partial charge in [-0.1, -0.05) is 41.3 Å². The zero-order valence-electron chi connectivity index (χ0n) is 17.0. The van der Waals surface area contributed by atoms with E-state index in [4.69, 9.17) is 10.1 Å². The fraction of sp³-hybridized carbons (Fsp3) is 0.238. The van der Waals surface area contributed by atoms with E-state index in [0.29, 0.717) is 11.1 Å². The van der Waals surface area contributed by atoms with E-state index < -0.39 is 0 Å². The Kier molecular flexibility index (Phi) is 5.83. The first-order valence-electron chi connectivity index (χ1n) is 9.38. The second-order valence-electron chi connectivity index (χ2n) is 6.95. The van der Waals surface area contributed by atoms with Gasteiger partial charge in [0.1, 0.15) is 16.2 Å². The maximum absolute atomic E-state index is 13.5. The quantitative estimate of drug-likeness (QED) is 0.413. The van der Waals surface area contributed by atoms with Gasteiger partial charge in [0.2, 0.25) is 11.1 Å². The molecule has 154 valence electrons. The summed E-state index contributed by atoms with van der Waals surface area (Å²) < 4.78 is 13.5. The molecule has 0 aliphatic carbocycles. The number of thioether (sulfide) groups is 1. The summed E-state index contributed by atoms with van der Waals surface area (Å²) in [5.74, 6) is 0.269. The number of nitrogens with zero attached hydrogens (tertiary/aromatic N) is 5. The van der Waals surface area contributed by atoms with Crippen LogP contribution in [0.1, 0.15) is 34.0 Å². The van der Waals surface area contributed by atoms with Crippen molar-refractivity contribution in [2.24, 2.45) is 10.1 Å². The lowest BCUT2D eigenvalue weighted by molar-refractivity contribution is 0.437. The fourth-order valence-electron chi connectivity index (χ4n) is 2.94. The summed E-state index contributed by atoms with van der Waals surface area (Å²) in [6.45, 7) is 7.99. The van der Waals surface area contributed by atoms with Gasteiger partial charge >= 0.3 is 0 Å². The number of rotatable bonds is 3. The van der Waals surface area contributed by atoms with E-state index in [-0.39, 0.29) is 11.2 Å². The maximum atomic E-state index is 13.5. The largest absolute Gasteiger partial charge is 0.324 e. The Morgan fingerprint density at radius 2 is 1.80 bits per heavy atom. The van der Waals surface area contributed by atoms with Crippen LogP contribution in [-0.2, 0) is 0 Å². The molecule has 0 bridgehead atoms. The molecule has 3 aromatic rings.